The van der Waals surface area contributed by atoms with E-state index in [-0.39, 0.29) is 11.8 Å². The second-order valence-corrected chi connectivity index (χ2v) is 6.18. The lowest BCUT2D eigenvalue weighted by molar-refractivity contribution is 0.0644. The Morgan fingerprint density at radius 2 is 2.27 bits per heavy atom. The number of hydrogen-bond donors (Lipinski definition) is 1. The fourth-order valence-electron chi connectivity index (χ4n) is 3.39. The highest BCUT2D eigenvalue weighted by Gasteiger charge is 2.37. The Balaban J connectivity index is 1.63. The Morgan fingerprint density at radius 1 is 1.35 bits per heavy atom. The van der Waals surface area contributed by atoms with Crippen molar-refractivity contribution in [3.05, 3.63) is 65.7 Å². The molecule has 1 atom stereocenters. The molecule has 1 aliphatic rings. The van der Waals surface area contributed by atoms with Crippen molar-refractivity contribution in [1.82, 2.24) is 34.7 Å². The Morgan fingerprint density at radius 3 is 3.08 bits per heavy atom. The summed E-state index contributed by atoms with van der Waals surface area (Å²) in [6, 6.07) is 7.39. The molecule has 0 radical (unpaired) electrons. The molecule has 9 heteroatoms. The Kier molecular flexibility index (Phi) is 3.14. The second-order valence-electron chi connectivity index (χ2n) is 6.18. The summed E-state index contributed by atoms with van der Waals surface area (Å²) in [5, 5.41) is 12.3. The summed E-state index contributed by atoms with van der Waals surface area (Å²) >= 11 is 0. The van der Waals surface area contributed by atoms with Gasteiger partial charge >= 0.3 is 11.8 Å². The summed E-state index contributed by atoms with van der Waals surface area (Å²) in [5.74, 6) is 0.0201. The third kappa shape index (κ3) is 2.20. The number of aromatic nitrogens is 6. The van der Waals surface area contributed by atoms with Gasteiger partial charge in [-0.15, -0.1) is 10.2 Å². The number of rotatable bonds is 2. The largest absolute Gasteiger partial charge is 0.417 e. The van der Waals surface area contributed by atoms with Crippen LogP contribution < -0.4 is 0 Å². The monoisotopic (exact) mass is 349 g/mol. The van der Waals surface area contributed by atoms with E-state index in [2.05, 4.69) is 25.3 Å². The van der Waals surface area contributed by atoms with Gasteiger partial charge in [-0.1, -0.05) is 6.07 Å². The van der Waals surface area contributed by atoms with Gasteiger partial charge in [0.15, 0.2) is 0 Å². The number of H-pyrrole nitrogens is 1. The van der Waals surface area contributed by atoms with Crippen molar-refractivity contribution in [2.24, 2.45) is 0 Å². The first kappa shape index (κ1) is 14.8. The van der Waals surface area contributed by atoms with E-state index in [0.29, 0.717) is 18.9 Å². The molecule has 5 heterocycles. The zero-order chi connectivity index (χ0) is 17.7. The predicted octanol–water partition coefficient (Wildman–Crippen LogP) is 1.54. The maximum atomic E-state index is 13.0. The molecule has 0 bridgehead atoms. The number of fused-ring (bicyclic) bond motifs is 2. The highest BCUT2D eigenvalue weighted by atomic mass is 16.4. The topological polar surface area (TPSA) is 105 Å². The van der Waals surface area contributed by atoms with Gasteiger partial charge in [0.05, 0.1) is 23.2 Å². The van der Waals surface area contributed by atoms with Crippen LogP contribution in [-0.2, 0) is 6.42 Å². The van der Waals surface area contributed by atoms with Crippen LogP contribution in [0, 0.1) is 6.92 Å². The van der Waals surface area contributed by atoms with E-state index in [1.165, 1.54) is 0 Å². The molecule has 1 amide bonds. The molecule has 5 rings (SSSR count). The van der Waals surface area contributed by atoms with Crippen LogP contribution in [0.5, 0.6) is 0 Å². The fraction of sp³-hybridized carbons (Fsp3) is 0.235. The van der Waals surface area contributed by atoms with Crippen molar-refractivity contribution in [3.63, 3.8) is 0 Å². The van der Waals surface area contributed by atoms with Crippen LogP contribution in [0.15, 0.2) is 41.2 Å². The molecule has 0 aliphatic carbocycles. The number of pyridine rings is 1. The number of aryl methyl sites for hydroxylation is 1. The third-order valence-corrected chi connectivity index (χ3v) is 4.56. The first-order chi connectivity index (χ1) is 12.7. The van der Waals surface area contributed by atoms with Crippen LogP contribution in [-0.4, -0.2) is 47.1 Å². The van der Waals surface area contributed by atoms with Crippen LogP contribution >= 0.6 is 0 Å². The van der Waals surface area contributed by atoms with Gasteiger partial charge in [0.25, 0.3) is 0 Å². The quantitative estimate of drug-likeness (QED) is 0.588. The third-order valence-electron chi connectivity index (χ3n) is 4.56. The van der Waals surface area contributed by atoms with Crippen molar-refractivity contribution in [2.75, 3.05) is 6.54 Å². The molecule has 0 spiro atoms. The summed E-state index contributed by atoms with van der Waals surface area (Å²) in [4.78, 5) is 22.3. The molecule has 1 N–H and O–H groups in total. The predicted molar refractivity (Wildman–Crippen MR) is 89.4 cm³/mol. The Bertz CT molecular complexity index is 1080. The number of amides is 1. The molecule has 26 heavy (non-hydrogen) atoms. The van der Waals surface area contributed by atoms with E-state index >= 15 is 0 Å². The van der Waals surface area contributed by atoms with Gasteiger partial charge < -0.3 is 14.3 Å². The van der Waals surface area contributed by atoms with Gasteiger partial charge in [0, 0.05) is 31.8 Å². The van der Waals surface area contributed by atoms with E-state index in [1.807, 2.05) is 30.5 Å². The first-order valence-electron chi connectivity index (χ1n) is 8.28. The second kappa shape index (κ2) is 5.51. The molecule has 1 unspecified atom stereocenters. The molecule has 4 aromatic rings. The van der Waals surface area contributed by atoms with Crippen molar-refractivity contribution in [1.29, 1.82) is 0 Å². The maximum Gasteiger partial charge on any atom is 0.312 e. The van der Waals surface area contributed by atoms with Gasteiger partial charge in [-0.3, -0.25) is 4.79 Å². The van der Waals surface area contributed by atoms with Crippen molar-refractivity contribution in [2.45, 2.75) is 19.4 Å². The maximum absolute atomic E-state index is 13.0. The molecule has 4 aromatic heterocycles. The lowest BCUT2D eigenvalue weighted by Crippen LogP contribution is -2.41. The molecule has 0 saturated carbocycles. The zero-order valence-corrected chi connectivity index (χ0v) is 14.0. The van der Waals surface area contributed by atoms with E-state index in [9.17, 15) is 4.79 Å². The summed E-state index contributed by atoms with van der Waals surface area (Å²) in [6.45, 7) is 2.17. The molecular weight excluding hydrogens is 334 g/mol. The summed E-state index contributed by atoms with van der Waals surface area (Å²) in [5.41, 5.74) is 3.50. The van der Waals surface area contributed by atoms with E-state index in [0.717, 1.165) is 22.6 Å². The SMILES string of the molecule is Cc1nnc(C(=O)N2CCc3[nH]cnc3C2c2cc3ccccn3n2)o1. The van der Waals surface area contributed by atoms with Crippen molar-refractivity contribution >= 4 is 11.4 Å². The molecule has 9 nitrogen and oxygen atoms in total. The normalized spacial score (nSPS) is 16.8. The lowest BCUT2D eigenvalue weighted by Gasteiger charge is -2.32. The van der Waals surface area contributed by atoms with E-state index in [4.69, 9.17) is 4.42 Å². The minimum absolute atomic E-state index is 0.0183. The van der Waals surface area contributed by atoms with Crippen molar-refractivity contribution in [3.8, 4) is 0 Å². The van der Waals surface area contributed by atoms with E-state index in [1.54, 1.807) is 22.7 Å². The zero-order valence-electron chi connectivity index (χ0n) is 14.0. The first-order valence-corrected chi connectivity index (χ1v) is 8.28. The van der Waals surface area contributed by atoms with Gasteiger partial charge in [0.1, 0.15) is 6.04 Å². The number of imidazole rings is 1. The average Bonchev–Trinajstić information content (AvgIpc) is 3.38. The van der Waals surface area contributed by atoms with E-state index < -0.39 is 6.04 Å². The van der Waals surface area contributed by atoms with Gasteiger partial charge in [0.2, 0.25) is 5.89 Å². The van der Waals surface area contributed by atoms with Gasteiger partial charge in [-0.05, 0) is 18.2 Å². The van der Waals surface area contributed by atoms with Crippen LogP contribution in [0.2, 0.25) is 0 Å². The number of carbonyl (C=O) groups is 1. The number of nitrogens with one attached hydrogen (secondary N) is 1. The van der Waals surface area contributed by atoms with Crippen LogP contribution in [0.3, 0.4) is 0 Å². The summed E-state index contributed by atoms with van der Waals surface area (Å²) in [6.07, 6.45) is 4.21. The Hall–Kier alpha value is -3.49. The number of hydrogen-bond acceptors (Lipinski definition) is 6. The standard InChI is InChI=1S/C17H15N7O2/c1-10-20-21-16(26-10)17(25)23-7-5-12-14(19-9-18-12)15(23)13-8-11-4-2-3-6-24(11)22-13/h2-4,6,8-9,15H,5,7H2,1H3,(H,18,19). The van der Waals surface area contributed by atoms with Crippen LogP contribution in [0.1, 0.15) is 39.7 Å². The molecule has 0 saturated heterocycles. The minimum atomic E-state index is -0.412. The molecule has 0 aromatic carbocycles. The summed E-state index contributed by atoms with van der Waals surface area (Å²) in [7, 11) is 0. The highest BCUT2D eigenvalue weighted by molar-refractivity contribution is 5.90. The summed E-state index contributed by atoms with van der Waals surface area (Å²) < 4.78 is 7.13. The molecule has 1 aliphatic heterocycles. The lowest BCUT2D eigenvalue weighted by atomic mass is 9.99. The smallest absolute Gasteiger partial charge is 0.312 e. The Labute approximate surface area is 147 Å². The average molecular weight is 349 g/mol. The van der Waals surface area contributed by atoms with Gasteiger partial charge in [-0.2, -0.15) is 5.10 Å². The molecular formula is C17H15N7O2. The van der Waals surface area contributed by atoms with Crippen molar-refractivity contribution < 1.29 is 9.21 Å². The molecule has 0 fully saturated rings. The number of carbonyl (C=O) groups excluding carboxylic acids is 1. The van der Waals surface area contributed by atoms with Crippen LogP contribution in [0.4, 0.5) is 0 Å². The molecule has 130 valence electrons. The fourth-order valence-corrected chi connectivity index (χ4v) is 3.39. The minimum Gasteiger partial charge on any atom is -0.417 e. The van der Waals surface area contributed by atoms with Crippen LogP contribution in [0.25, 0.3) is 5.52 Å². The van der Waals surface area contributed by atoms with Gasteiger partial charge in [-0.25, -0.2) is 9.50 Å². The number of nitrogens with zero attached hydrogens (tertiary/aromatic N) is 6. The number of aromatic amines is 1. The highest BCUT2D eigenvalue weighted by Crippen LogP contribution is 2.34.